The molecule has 0 saturated heterocycles. The summed E-state index contributed by atoms with van der Waals surface area (Å²) in [5.41, 5.74) is 0.918. The Morgan fingerprint density at radius 2 is 2.00 bits per heavy atom. The van der Waals surface area contributed by atoms with Crippen molar-refractivity contribution < 1.29 is 0 Å². The fraction of sp³-hybridized carbons (Fsp3) is 0.500. The minimum Gasteiger partial charge on any atom is -0.244 e. The third-order valence-electron chi connectivity index (χ3n) is 2.61. The molecule has 4 heteroatoms. The molecule has 0 bridgehead atoms. The Hall–Kier alpha value is -1.45. The van der Waals surface area contributed by atoms with E-state index in [0.29, 0.717) is 12.0 Å². The van der Waals surface area contributed by atoms with Crippen LogP contribution in [-0.4, -0.2) is 19.7 Å². The van der Waals surface area contributed by atoms with E-state index in [9.17, 15) is 0 Å². The van der Waals surface area contributed by atoms with Gasteiger partial charge in [0.05, 0.1) is 17.6 Å². The monoisotopic (exact) mass is 190 g/mol. The first kappa shape index (κ1) is 9.12. The van der Waals surface area contributed by atoms with E-state index in [0.717, 1.165) is 11.0 Å². The van der Waals surface area contributed by atoms with Crippen LogP contribution in [-0.2, 0) is 0 Å². The zero-order chi connectivity index (χ0) is 10.1. The third-order valence-corrected chi connectivity index (χ3v) is 2.61. The lowest BCUT2D eigenvalue weighted by molar-refractivity contribution is 0.383. The Morgan fingerprint density at radius 3 is 2.71 bits per heavy atom. The molecule has 0 aromatic carbocycles. The van der Waals surface area contributed by atoms with Gasteiger partial charge in [0.25, 0.3) is 0 Å². The number of aromatic nitrogens is 4. The van der Waals surface area contributed by atoms with Crippen LogP contribution in [0.15, 0.2) is 18.7 Å². The van der Waals surface area contributed by atoms with E-state index in [1.807, 2.05) is 10.9 Å². The van der Waals surface area contributed by atoms with Crippen molar-refractivity contribution >= 4 is 11.0 Å². The van der Waals surface area contributed by atoms with Gasteiger partial charge in [-0.25, -0.2) is 14.6 Å². The van der Waals surface area contributed by atoms with Gasteiger partial charge in [-0.05, 0) is 12.8 Å². The van der Waals surface area contributed by atoms with Gasteiger partial charge in [-0.1, -0.05) is 13.8 Å². The summed E-state index contributed by atoms with van der Waals surface area (Å²) in [6.45, 7) is 6.51. The second kappa shape index (κ2) is 3.36. The van der Waals surface area contributed by atoms with Crippen LogP contribution in [0.1, 0.15) is 26.8 Å². The molecule has 14 heavy (non-hydrogen) atoms. The zero-order valence-corrected chi connectivity index (χ0v) is 8.68. The maximum Gasteiger partial charge on any atom is 0.161 e. The van der Waals surface area contributed by atoms with Gasteiger partial charge in [0.15, 0.2) is 5.65 Å². The molecular weight excluding hydrogens is 176 g/mol. The number of hydrogen-bond donors (Lipinski definition) is 0. The van der Waals surface area contributed by atoms with Crippen LogP contribution >= 0.6 is 0 Å². The fourth-order valence-electron chi connectivity index (χ4n) is 1.38. The molecule has 2 heterocycles. The highest BCUT2D eigenvalue weighted by Crippen LogP contribution is 2.20. The van der Waals surface area contributed by atoms with Gasteiger partial charge >= 0.3 is 0 Å². The predicted molar refractivity (Wildman–Crippen MR) is 54.9 cm³/mol. The zero-order valence-electron chi connectivity index (χ0n) is 8.68. The second-order valence-electron chi connectivity index (χ2n) is 3.88. The SMILES string of the molecule is CC(C)[C@H](C)n1ncc2cncnc21. The summed E-state index contributed by atoms with van der Waals surface area (Å²) >= 11 is 0. The molecule has 2 aromatic rings. The van der Waals surface area contributed by atoms with Crippen LogP contribution in [0, 0.1) is 5.92 Å². The van der Waals surface area contributed by atoms with Gasteiger partial charge in [-0.2, -0.15) is 5.10 Å². The lowest BCUT2D eigenvalue weighted by Gasteiger charge is -2.16. The maximum atomic E-state index is 4.33. The average Bonchev–Trinajstić information content (AvgIpc) is 2.60. The first-order valence-corrected chi connectivity index (χ1v) is 4.83. The molecule has 0 saturated carbocycles. The van der Waals surface area contributed by atoms with E-state index in [4.69, 9.17) is 0 Å². The first-order chi connectivity index (χ1) is 6.70. The molecular formula is C10H14N4. The summed E-state index contributed by atoms with van der Waals surface area (Å²) in [7, 11) is 0. The molecule has 0 aliphatic heterocycles. The molecule has 4 nitrogen and oxygen atoms in total. The van der Waals surface area contributed by atoms with Gasteiger partial charge in [0, 0.05) is 6.20 Å². The van der Waals surface area contributed by atoms with Crippen molar-refractivity contribution in [1.82, 2.24) is 19.7 Å². The summed E-state index contributed by atoms with van der Waals surface area (Å²) < 4.78 is 1.96. The smallest absolute Gasteiger partial charge is 0.161 e. The lowest BCUT2D eigenvalue weighted by Crippen LogP contribution is -2.13. The van der Waals surface area contributed by atoms with Crippen LogP contribution in [0.25, 0.3) is 11.0 Å². The molecule has 0 aliphatic carbocycles. The van der Waals surface area contributed by atoms with Crippen LogP contribution in [0.2, 0.25) is 0 Å². The molecule has 0 fully saturated rings. The predicted octanol–water partition coefficient (Wildman–Crippen LogP) is 2.04. The van der Waals surface area contributed by atoms with Gasteiger partial charge in [-0.15, -0.1) is 0 Å². The van der Waals surface area contributed by atoms with Crippen LogP contribution in [0.3, 0.4) is 0 Å². The second-order valence-corrected chi connectivity index (χ2v) is 3.88. The van der Waals surface area contributed by atoms with E-state index in [2.05, 4.69) is 35.8 Å². The highest BCUT2D eigenvalue weighted by Gasteiger charge is 2.13. The van der Waals surface area contributed by atoms with Crippen molar-refractivity contribution in [2.24, 2.45) is 5.92 Å². The summed E-state index contributed by atoms with van der Waals surface area (Å²) in [6.07, 6.45) is 5.17. The van der Waals surface area contributed by atoms with E-state index >= 15 is 0 Å². The Labute approximate surface area is 83.0 Å². The van der Waals surface area contributed by atoms with E-state index in [1.165, 1.54) is 0 Å². The molecule has 1 atom stereocenters. The van der Waals surface area contributed by atoms with Gasteiger partial charge in [0.2, 0.25) is 0 Å². The Balaban J connectivity index is 2.53. The Kier molecular flexibility index (Phi) is 2.19. The van der Waals surface area contributed by atoms with E-state index < -0.39 is 0 Å². The minimum absolute atomic E-state index is 0.363. The number of rotatable bonds is 2. The summed E-state index contributed by atoms with van der Waals surface area (Å²) in [5, 5.41) is 5.33. The van der Waals surface area contributed by atoms with Crippen molar-refractivity contribution in [3.05, 3.63) is 18.7 Å². The molecule has 74 valence electrons. The number of nitrogens with zero attached hydrogens (tertiary/aromatic N) is 4. The summed E-state index contributed by atoms with van der Waals surface area (Å²) in [5.74, 6) is 0.549. The van der Waals surface area contributed by atoms with Crippen molar-refractivity contribution in [3.8, 4) is 0 Å². The first-order valence-electron chi connectivity index (χ1n) is 4.83. The molecule has 0 unspecified atom stereocenters. The standard InChI is InChI=1S/C10H14N4/c1-7(2)8(3)14-10-9(5-13-14)4-11-6-12-10/h4-8H,1-3H3/t8-/m0/s1. The Morgan fingerprint density at radius 1 is 1.21 bits per heavy atom. The van der Waals surface area contributed by atoms with Crippen molar-refractivity contribution in [2.75, 3.05) is 0 Å². The van der Waals surface area contributed by atoms with Gasteiger partial charge in [-0.3, -0.25) is 0 Å². The Bertz CT molecular complexity index is 432. The number of hydrogen-bond acceptors (Lipinski definition) is 3. The maximum absolute atomic E-state index is 4.33. The van der Waals surface area contributed by atoms with Crippen LogP contribution < -0.4 is 0 Å². The quantitative estimate of drug-likeness (QED) is 0.727. The van der Waals surface area contributed by atoms with E-state index in [-0.39, 0.29) is 0 Å². The van der Waals surface area contributed by atoms with Gasteiger partial charge < -0.3 is 0 Å². The van der Waals surface area contributed by atoms with Crippen molar-refractivity contribution in [3.63, 3.8) is 0 Å². The average molecular weight is 190 g/mol. The van der Waals surface area contributed by atoms with Crippen LogP contribution in [0.5, 0.6) is 0 Å². The highest BCUT2D eigenvalue weighted by molar-refractivity contribution is 5.72. The van der Waals surface area contributed by atoms with Crippen LogP contribution in [0.4, 0.5) is 0 Å². The van der Waals surface area contributed by atoms with Gasteiger partial charge in [0.1, 0.15) is 6.33 Å². The summed E-state index contributed by atoms with van der Waals surface area (Å²) in [4.78, 5) is 8.20. The van der Waals surface area contributed by atoms with E-state index in [1.54, 1.807) is 12.5 Å². The highest BCUT2D eigenvalue weighted by atomic mass is 15.3. The van der Waals surface area contributed by atoms with Crippen molar-refractivity contribution in [2.45, 2.75) is 26.8 Å². The lowest BCUT2D eigenvalue weighted by atomic mass is 10.1. The normalized spacial score (nSPS) is 13.7. The van der Waals surface area contributed by atoms with Crippen molar-refractivity contribution in [1.29, 1.82) is 0 Å². The molecule has 2 rings (SSSR count). The molecule has 0 aliphatic rings. The minimum atomic E-state index is 0.363. The topological polar surface area (TPSA) is 43.6 Å². The molecule has 0 radical (unpaired) electrons. The largest absolute Gasteiger partial charge is 0.244 e. The number of fused-ring (bicyclic) bond motifs is 1. The molecule has 0 N–H and O–H groups in total. The third kappa shape index (κ3) is 1.36. The fourth-order valence-corrected chi connectivity index (χ4v) is 1.38. The molecule has 2 aromatic heterocycles. The molecule has 0 amide bonds. The molecule has 0 spiro atoms. The summed E-state index contributed by atoms with van der Waals surface area (Å²) in [6, 6.07) is 0.363.